The van der Waals surface area contributed by atoms with Crippen molar-refractivity contribution in [1.82, 2.24) is 0 Å². The molecular weight excluding hydrogens is 152 g/mol. The van der Waals surface area contributed by atoms with E-state index in [0.717, 1.165) is 12.5 Å². The lowest BCUT2D eigenvalue weighted by Gasteiger charge is -1.89. The van der Waals surface area contributed by atoms with Crippen LogP contribution < -0.4 is 0 Å². The minimum absolute atomic E-state index is 0.895. The molecule has 0 bridgehead atoms. The second-order valence-electron chi connectivity index (χ2n) is 2.62. The van der Waals surface area contributed by atoms with Gasteiger partial charge in [-0.05, 0) is 12.8 Å². The van der Waals surface area contributed by atoms with Crippen molar-refractivity contribution in [3.05, 3.63) is 24.3 Å². The summed E-state index contributed by atoms with van der Waals surface area (Å²) in [6.07, 6.45) is 11.2. The Hall–Kier alpha value is -1.05. The van der Waals surface area contributed by atoms with Gasteiger partial charge in [-0.15, -0.1) is 0 Å². The van der Waals surface area contributed by atoms with E-state index in [1.807, 2.05) is 6.08 Å². The standard InChI is InChI=1S/C10H16O2/c1-2-3-4-5-6-7-8-9-10(11)12/h6-9H,2-5H2,1H3,(H,11,12)/b7-6+,9-8-. The molecule has 0 unspecified atom stereocenters. The lowest BCUT2D eigenvalue weighted by molar-refractivity contribution is -0.131. The molecule has 0 amide bonds. The molecule has 2 nitrogen and oxygen atoms in total. The van der Waals surface area contributed by atoms with Crippen molar-refractivity contribution in [3.63, 3.8) is 0 Å². The Balaban J connectivity index is 3.31. The van der Waals surface area contributed by atoms with Gasteiger partial charge in [-0.2, -0.15) is 0 Å². The topological polar surface area (TPSA) is 37.3 Å². The highest BCUT2D eigenvalue weighted by Crippen LogP contribution is 1.99. The van der Waals surface area contributed by atoms with E-state index in [4.69, 9.17) is 5.11 Å². The third kappa shape index (κ3) is 8.95. The van der Waals surface area contributed by atoms with Crippen LogP contribution in [0.3, 0.4) is 0 Å². The Morgan fingerprint density at radius 2 is 2.08 bits per heavy atom. The molecule has 0 rings (SSSR count). The quantitative estimate of drug-likeness (QED) is 0.376. The van der Waals surface area contributed by atoms with Crippen molar-refractivity contribution >= 4 is 5.97 Å². The maximum atomic E-state index is 10.0. The van der Waals surface area contributed by atoms with E-state index in [0.29, 0.717) is 0 Å². The number of aliphatic carboxylic acids is 1. The first-order chi connectivity index (χ1) is 5.77. The van der Waals surface area contributed by atoms with Crippen LogP contribution in [-0.2, 0) is 4.79 Å². The number of hydrogen-bond acceptors (Lipinski definition) is 1. The van der Waals surface area contributed by atoms with Crippen LogP contribution in [0.15, 0.2) is 24.3 Å². The van der Waals surface area contributed by atoms with Crippen molar-refractivity contribution in [2.45, 2.75) is 32.6 Å². The normalized spacial score (nSPS) is 11.4. The SMILES string of the molecule is CCCCC/C=C/C=C\C(=O)O. The molecule has 0 aliphatic rings. The molecular formula is C10H16O2. The summed E-state index contributed by atoms with van der Waals surface area (Å²) in [6, 6.07) is 0. The van der Waals surface area contributed by atoms with Gasteiger partial charge >= 0.3 is 5.97 Å². The van der Waals surface area contributed by atoms with E-state index < -0.39 is 5.97 Å². The van der Waals surface area contributed by atoms with Crippen molar-refractivity contribution < 1.29 is 9.90 Å². The highest BCUT2D eigenvalue weighted by Gasteiger charge is 1.82. The summed E-state index contributed by atoms with van der Waals surface area (Å²) in [5.74, 6) is -0.895. The molecule has 1 N–H and O–H groups in total. The van der Waals surface area contributed by atoms with Gasteiger partial charge in [0.05, 0.1) is 0 Å². The first-order valence-corrected chi connectivity index (χ1v) is 4.33. The minimum Gasteiger partial charge on any atom is -0.478 e. The molecule has 0 atom stereocenters. The molecule has 0 saturated carbocycles. The van der Waals surface area contributed by atoms with Gasteiger partial charge in [0.15, 0.2) is 0 Å². The van der Waals surface area contributed by atoms with E-state index in [-0.39, 0.29) is 0 Å². The molecule has 0 heterocycles. The van der Waals surface area contributed by atoms with Crippen molar-refractivity contribution in [2.75, 3.05) is 0 Å². The highest BCUT2D eigenvalue weighted by atomic mass is 16.4. The van der Waals surface area contributed by atoms with E-state index in [2.05, 4.69) is 6.92 Å². The summed E-state index contributed by atoms with van der Waals surface area (Å²) in [5.41, 5.74) is 0. The highest BCUT2D eigenvalue weighted by molar-refractivity contribution is 5.80. The first-order valence-electron chi connectivity index (χ1n) is 4.33. The maximum Gasteiger partial charge on any atom is 0.328 e. The van der Waals surface area contributed by atoms with Gasteiger partial charge in [-0.25, -0.2) is 4.79 Å². The zero-order valence-electron chi connectivity index (χ0n) is 7.49. The Morgan fingerprint density at radius 3 is 2.67 bits per heavy atom. The molecule has 0 saturated heterocycles. The van der Waals surface area contributed by atoms with Gasteiger partial charge in [-0.3, -0.25) is 0 Å². The zero-order chi connectivity index (χ0) is 9.23. The third-order valence-corrected chi connectivity index (χ3v) is 1.46. The third-order valence-electron chi connectivity index (χ3n) is 1.46. The molecule has 12 heavy (non-hydrogen) atoms. The summed E-state index contributed by atoms with van der Waals surface area (Å²) in [4.78, 5) is 10.0. The Kier molecular flexibility index (Phi) is 7.35. The lowest BCUT2D eigenvalue weighted by atomic mass is 10.2. The lowest BCUT2D eigenvalue weighted by Crippen LogP contribution is -1.84. The average molecular weight is 168 g/mol. The number of carboxylic acid groups (broad SMARTS) is 1. The van der Waals surface area contributed by atoms with Crippen LogP contribution >= 0.6 is 0 Å². The average Bonchev–Trinajstić information content (AvgIpc) is 2.02. The predicted molar refractivity (Wildman–Crippen MR) is 50.1 cm³/mol. The van der Waals surface area contributed by atoms with Crippen LogP contribution in [0.25, 0.3) is 0 Å². The maximum absolute atomic E-state index is 10.0. The van der Waals surface area contributed by atoms with Crippen LogP contribution in [0.5, 0.6) is 0 Å². The van der Waals surface area contributed by atoms with Gasteiger partial charge < -0.3 is 5.11 Å². The fraction of sp³-hybridized carbons (Fsp3) is 0.500. The van der Waals surface area contributed by atoms with Crippen LogP contribution in [0.4, 0.5) is 0 Å². The second-order valence-corrected chi connectivity index (χ2v) is 2.62. The van der Waals surface area contributed by atoms with Crippen LogP contribution in [0.2, 0.25) is 0 Å². The van der Waals surface area contributed by atoms with E-state index in [1.165, 1.54) is 19.3 Å². The largest absolute Gasteiger partial charge is 0.478 e. The molecule has 0 aromatic carbocycles. The predicted octanol–water partition coefficient (Wildman–Crippen LogP) is 2.76. The Morgan fingerprint density at radius 1 is 1.33 bits per heavy atom. The van der Waals surface area contributed by atoms with Crippen LogP contribution in [0.1, 0.15) is 32.6 Å². The molecule has 0 aromatic heterocycles. The first kappa shape index (κ1) is 11.0. The number of carboxylic acids is 1. The molecule has 2 heteroatoms. The van der Waals surface area contributed by atoms with E-state index in [9.17, 15) is 4.79 Å². The fourth-order valence-electron chi connectivity index (χ4n) is 0.825. The summed E-state index contributed by atoms with van der Waals surface area (Å²) >= 11 is 0. The Bertz CT molecular complexity index is 169. The van der Waals surface area contributed by atoms with Gasteiger partial charge in [0.25, 0.3) is 0 Å². The number of carbonyl (C=O) groups is 1. The van der Waals surface area contributed by atoms with Gasteiger partial charge in [0.2, 0.25) is 0 Å². The number of hydrogen-bond donors (Lipinski definition) is 1. The van der Waals surface area contributed by atoms with Crippen molar-refractivity contribution in [3.8, 4) is 0 Å². The summed E-state index contributed by atoms with van der Waals surface area (Å²) in [7, 11) is 0. The van der Waals surface area contributed by atoms with Crippen LogP contribution in [-0.4, -0.2) is 11.1 Å². The molecule has 0 fully saturated rings. The number of unbranched alkanes of at least 4 members (excludes halogenated alkanes) is 3. The fourth-order valence-corrected chi connectivity index (χ4v) is 0.825. The Labute approximate surface area is 73.6 Å². The smallest absolute Gasteiger partial charge is 0.328 e. The summed E-state index contributed by atoms with van der Waals surface area (Å²) in [6.45, 7) is 2.16. The van der Waals surface area contributed by atoms with Crippen molar-refractivity contribution in [1.29, 1.82) is 0 Å². The summed E-state index contributed by atoms with van der Waals surface area (Å²) < 4.78 is 0. The molecule has 0 aliphatic carbocycles. The molecule has 68 valence electrons. The van der Waals surface area contributed by atoms with Gasteiger partial charge in [-0.1, -0.05) is 38.0 Å². The number of rotatable bonds is 6. The van der Waals surface area contributed by atoms with E-state index >= 15 is 0 Å². The second kappa shape index (κ2) is 8.05. The molecule has 0 aromatic rings. The van der Waals surface area contributed by atoms with Gasteiger partial charge in [0, 0.05) is 6.08 Å². The van der Waals surface area contributed by atoms with Crippen LogP contribution in [0, 0.1) is 0 Å². The zero-order valence-corrected chi connectivity index (χ0v) is 7.49. The molecule has 0 spiro atoms. The summed E-state index contributed by atoms with van der Waals surface area (Å²) in [5, 5.41) is 8.23. The van der Waals surface area contributed by atoms with E-state index in [1.54, 1.807) is 12.2 Å². The number of allylic oxidation sites excluding steroid dienone is 3. The molecule has 0 radical (unpaired) electrons. The molecule has 0 aliphatic heterocycles. The van der Waals surface area contributed by atoms with Gasteiger partial charge in [0.1, 0.15) is 0 Å². The van der Waals surface area contributed by atoms with Crippen molar-refractivity contribution in [2.24, 2.45) is 0 Å². The minimum atomic E-state index is -0.895. The monoisotopic (exact) mass is 168 g/mol.